The largest absolute Gasteiger partial charge is 0.506 e. The predicted molar refractivity (Wildman–Crippen MR) is 150 cm³/mol. The van der Waals surface area contributed by atoms with Gasteiger partial charge in [-0.3, -0.25) is 4.79 Å². The van der Waals surface area contributed by atoms with E-state index in [1.165, 1.54) is 0 Å². The van der Waals surface area contributed by atoms with Crippen LogP contribution in [0.25, 0.3) is 0 Å². The summed E-state index contributed by atoms with van der Waals surface area (Å²) in [6.45, 7) is 14.1. The van der Waals surface area contributed by atoms with Gasteiger partial charge in [0.25, 0.3) is 0 Å². The van der Waals surface area contributed by atoms with Gasteiger partial charge in [-0.1, -0.05) is 0 Å². The number of carbonyl (C=O) groups excluding carboxylic acids is 1. The minimum absolute atomic E-state index is 0.178. The van der Waals surface area contributed by atoms with Gasteiger partial charge < -0.3 is 25.3 Å². The summed E-state index contributed by atoms with van der Waals surface area (Å²) in [5.41, 5.74) is 4.13. The van der Waals surface area contributed by atoms with Crippen molar-refractivity contribution in [3.05, 3.63) is 71.6 Å². The molecule has 0 heterocycles. The summed E-state index contributed by atoms with van der Waals surface area (Å²) < 4.78 is 0. The third-order valence-electron chi connectivity index (χ3n) is 6.32. The van der Waals surface area contributed by atoms with Gasteiger partial charge in [0.15, 0.2) is 0 Å². The van der Waals surface area contributed by atoms with Crippen LogP contribution in [0.15, 0.2) is 76.6 Å². The smallest absolute Gasteiger partial charge is 0.206 e. The minimum atomic E-state index is -0.450. The van der Waals surface area contributed by atoms with Crippen LogP contribution in [0.1, 0.15) is 41.5 Å². The van der Waals surface area contributed by atoms with Crippen molar-refractivity contribution in [1.82, 2.24) is 0 Å². The van der Waals surface area contributed by atoms with E-state index in [-0.39, 0.29) is 22.7 Å². The van der Waals surface area contributed by atoms with E-state index in [9.17, 15) is 15.0 Å². The number of aliphatic imine (C=N–C) groups is 1. The lowest BCUT2D eigenvalue weighted by Gasteiger charge is -2.28. The Labute approximate surface area is 214 Å². The van der Waals surface area contributed by atoms with Crippen molar-refractivity contribution in [3.8, 4) is 0 Å². The van der Waals surface area contributed by atoms with E-state index in [1.54, 1.807) is 0 Å². The van der Waals surface area contributed by atoms with E-state index in [4.69, 9.17) is 0 Å². The molecule has 3 rings (SSSR count). The quantitative estimate of drug-likeness (QED) is 0.375. The molecule has 0 aliphatic heterocycles. The van der Waals surface area contributed by atoms with E-state index in [0.29, 0.717) is 23.5 Å². The zero-order valence-electron chi connectivity index (χ0n) is 22.1. The van der Waals surface area contributed by atoms with Crippen LogP contribution in [0, 0.1) is 0 Å². The molecule has 0 unspecified atom stereocenters. The summed E-state index contributed by atoms with van der Waals surface area (Å²) >= 11 is 0. The first-order valence-corrected chi connectivity index (χ1v) is 12.6. The molecule has 0 radical (unpaired) electrons. The third-order valence-corrected chi connectivity index (χ3v) is 6.32. The first-order chi connectivity index (χ1) is 17.2. The summed E-state index contributed by atoms with van der Waals surface area (Å²) in [6.07, 6.45) is 1.14. The number of anilines is 3. The van der Waals surface area contributed by atoms with Crippen LogP contribution in [0.4, 0.5) is 22.7 Å². The maximum Gasteiger partial charge on any atom is 0.206 e. The standard InChI is InChI=1S/C29H38N4O3/c1-7-32(19(3)4)23-13-9-21(10-14-23)30-28-25(18-34)29(27(36)17-26(28)35)31-22-11-15-24(16-12-22)33(8-2)20(5)6/h9-17,19-20,30,34,36H,7-8,18H2,1-6H3. The molecule has 7 nitrogen and oxygen atoms in total. The Morgan fingerprint density at radius 3 is 1.81 bits per heavy atom. The molecule has 0 atom stereocenters. The molecule has 0 fully saturated rings. The number of nitrogens with zero attached hydrogens (tertiary/aromatic N) is 3. The molecule has 0 saturated heterocycles. The monoisotopic (exact) mass is 490 g/mol. The van der Waals surface area contributed by atoms with E-state index in [0.717, 1.165) is 30.5 Å². The number of nitrogens with one attached hydrogen (secondary N) is 1. The Morgan fingerprint density at radius 1 is 0.861 bits per heavy atom. The molecule has 1 aliphatic carbocycles. The van der Waals surface area contributed by atoms with Gasteiger partial charge >= 0.3 is 0 Å². The molecule has 1 aliphatic rings. The van der Waals surface area contributed by atoms with Crippen LogP contribution >= 0.6 is 0 Å². The number of hydrogen-bond donors (Lipinski definition) is 3. The van der Waals surface area contributed by atoms with Crippen LogP contribution in [-0.4, -0.2) is 53.5 Å². The third kappa shape index (κ3) is 5.97. The first kappa shape index (κ1) is 27.0. The van der Waals surface area contributed by atoms with Gasteiger partial charge in [0.1, 0.15) is 11.5 Å². The highest BCUT2D eigenvalue weighted by molar-refractivity contribution is 6.25. The van der Waals surface area contributed by atoms with E-state index >= 15 is 0 Å². The fourth-order valence-electron chi connectivity index (χ4n) is 4.52. The molecule has 2 aromatic rings. The zero-order valence-corrected chi connectivity index (χ0v) is 22.1. The fourth-order valence-corrected chi connectivity index (χ4v) is 4.52. The Balaban J connectivity index is 1.92. The number of aliphatic hydroxyl groups is 2. The summed E-state index contributed by atoms with van der Waals surface area (Å²) in [7, 11) is 0. The van der Waals surface area contributed by atoms with E-state index in [2.05, 4.69) is 61.7 Å². The average Bonchev–Trinajstić information content (AvgIpc) is 2.84. The van der Waals surface area contributed by atoms with Crippen LogP contribution in [0.2, 0.25) is 0 Å². The molecule has 3 N–H and O–H groups in total. The van der Waals surface area contributed by atoms with Gasteiger partial charge in [-0.2, -0.15) is 0 Å². The summed E-state index contributed by atoms with van der Waals surface area (Å²) in [5, 5.41) is 23.8. The number of benzene rings is 2. The molecule has 36 heavy (non-hydrogen) atoms. The molecule has 0 spiro atoms. The lowest BCUT2D eigenvalue weighted by atomic mass is 9.97. The average molecular weight is 491 g/mol. The summed E-state index contributed by atoms with van der Waals surface area (Å²) in [5.74, 6) is -0.676. The molecule has 0 amide bonds. The second-order valence-electron chi connectivity index (χ2n) is 9.31. The highest BCUT2D eigenvalue weighted by Crippen LogP contribution is 2.27. The Morgan fingerprint density at radius 2 is 1.36 bits per heavy atom. The van der Waals surface area contributed by atoms with E-state index < -0.39 is 12.4 Å². The second kappa shape index (κ2) is 11.9. The van der Waals surface area contributed by atoms with Crippen molar-refractivity contribution in [2.24, 2.45) is 4.99 Å². The minimum Gasteiger partial charge on any atom is -0.506 e. The Kier molecular flexibility index (Phi) is 8.93. The maximum atomic E-state index is 12.8. The molecule has 192 valence electrons. The molecule has 2 aromatic carbocycles. The highest BCUT2D eigenvalue weighted by Gasteiger charge is 2.27. The number of ketones is 1. The summed E-state index contributed by atoms with van der Waals surface area (Å²) in [4.78, 5) is 21.9. The summed E-state index contributed by atoms with van der Waals surface area (Å²) in [6, 6.07) is 16.2. The van der Waals surface area contributed by atoms with Crippen molar-refractivity contribution < 1.29 is 15.0 Å². The normalized spacial score (nSPS) is 15.1. The lowest BCUT2D eigenvalue weighted by molar-refractivity contribution is -0.111. The Bertz CT molecular complexity index is 1150. The van der Waals surface area contributed by atoms with Gasteiger partial charge in [0.2, 0.25) is 5.78 Å². The van der Waals surface area contributed by atoms with Crippen molar-refractivity contribution in [2.45, 2.75) is 53.6 Å². The SMILES string of the molecule is CCN(c1ccc(N=C2C(O)=CC(=O)C(Nc3ccc(N(CC)C(C)C)cc3)=C2CO)cc1)C(C)C. The molecule has 7 heteroatoms. The molecule has 0 saturated carbocycles. The maximum absolute atomic E-state index is 12.8. The lowest BCUT2D eigenvalue weighted by Crippen LogP contribution is -2.30. The van der Waals surface area contributed by atoms with E-state index in [1.807, 2.05) is 48.5 Å². The Hall–Kier alpha value is -3.58. The number of rotatable bonds is 10. The van der Waals surface area contributed by atoms with Gasteiger partial charge in [0, 0.05) is 53.9 Å². The topological polar surface area (TPSA) is 88.4 Å². The van der Waals surface area contributed by atoms with Gasteiger partial charge in [-0.05, 0) is 90.1 Å². The number of aliphatic hydroxyl groups excluding tert-OH is 2. The van der Waals surface area contributed by atoms with Gasteiger partial charge in [0.05, 0.1) is 18.0 Å². The highest BCUT2D eigenvalue weighted by atomic mass is 16.3. The van der Waals surface area contributed by atoms with Crippen LogP contribution in [-0.2, 0) is 4.79 Å². The van der Waals surface area contributed by atoms with Crippen molar-refractivity contribution >= 4 is 34.2 Å². The van der Waals surface area contributed by atoms with Crippen molar-refractivity contribution in [2.75, 3.05) is 34.8 Å². The molecular weight excluding hydrogens is 452 g/mol. The number of carbonyl (C=O) groups is 1. The zero-order chi connectivity index (χ0) is 26.4. The molecular formula is C29H38N4O3. The van der Waals surface area contributed by atoms with Crippen molar-refractivity contribution in [1.29, 1.82) is 0 Å². The second-order valence-corrected chi connectivity index (χ2v) is 9.31. The van der Waals surface area contributed by atoms with Gasteiger partial charge in [-0.15, -0.1) is 0 Å². The van der Waals surface area contributed by atoms with Crippen LogP contribution in [0.3, 0.4) is 0 Å². The number of hydrogen-bond acceptors (Lipinski definition) is 7. The first-order valence-electron chi connectivity index (χ1n) is 12.6. The molecule has 0 bridgehead atoms. The fraction of sp³-hybridized carbons (Fsp3) is 0.379. The van der Waals surface area contributed by atoms with Crippen molar-refractivity contribution in [3.63, 3.8) is 0 Å². The van der Waals surface area contributed by atoms with Crippen LogP contribution in [0.5, 0.6) is 0 Å². The van der Waals surface area contributed by atoms with Crippen LogP contribution < -0.4 is 15.1 Å². The van der Waals surface area contributed by atoms with Gasteiger partial charge in [-0.25, -0.2) is 4.99 Å². The number of allylic oxidation sites excluding steroid dienone is 2. The molecule has 0 aromatic heterocycles. The predicted octanol–water partition coefficient (Wildman–Crippen LogP) is 5.61.